The van der Waals surface area contributed by atoms with Crippen molar-refractivity contribution >= 4 is 28.9 Å². The van der Waals surface area contributed by atoms with Gasteiger partial charge in [-0.05, 0) is 48.0 Å². The molecule has 0 atom stereocenters. The smallest absolute Gasteiger partial charge is 0.274 e. The second-order valence-electron chi connectivity index (χ2n) is 5.93. The van der Waals surface area contributed by atoms with Gasteiger partial charge in [-0.15, -0.1) is 0 Å². The topological polar surface area (TPSA) is 72.5 Å². The van der Waals surface area contributed by atoms with E-state index in [4.69, 9.17) is 21.1 Å². The number of carbonyl (C=O) groups is 1. The highest BCUT2D eigenvalue weighted by Crippen LogP contribution is 2.27. The zero-order chi connectivity index (χ0) is 19.9. The lowest BCUT2D eigenvalue weighted by molar-refractivity contribution is 0.102. The standard InChI is InChI=1S/C21H20ClN3O3/c1-27-17-6-3-14(4-7-17)13-24-15-9-10-23-19(12-15)21(26)25-16-5-8-20(28-2)18(22)11-16/h3-12H,13H2,1-2H3,(H,23,24)(H,25,26). The molecule has 6 nitrogen and oxygen atoms in total. The summed E-state index contributed by atoms with van der Waals surface area (Å²) in [6, 6.07) is 16.3. The molecular weight excluding hydrogens is 378 g/mol. The molecule has 144 valence electrons. The minimum Gasteiger partial charge on any atom is -0.497 e. The average molecular weight is 398 g/mol. The number of carbonyl (C=O) groups excluding carboxylic acids is 1. The molecule has 0 spiro atoms. The fourth-order valence-corrected chi connectivity index (χ4v) is 2.81. The number of anilines is 2. The van der Waals surface area contributed by atoms with Crippen molar-refractivity contribution in [2.24, 2.45) is 0 Å². The van der Waals surface area contributed by atoms with Gasteiger partial charge >= 0.3 is 0 Å². The Labute approximate surface area is 168 Å². The summed E-state index contributed by atoms with van der Waals surface area (Å²) < 4.78 is 10.3. The van der Waals surface area contributed by atoms with Crippen LogP contribution in [0.5, 0.6) is 11.5 Å². The Morgan fingerprint density at radius 2 is 1.79 bits per heavy atom. The number of nitrogens with one attached hydrogen (secondary N) is 2. The van der Waals surface area contributed by atoms with Gasteiger partial charge in [0.2, 0.25) is 0 Å². The highest BCUT2D eigenvalue weighted by Gasteiger charge is 2.10. The predicted octanol–water partition coefficient (Wildman–Crippen LogP) is 4.62. The first-order valence-corrected chi connectivity index (χ1v) is 8.94. The molecule has 1 aromatic heterocycles. The van der Waals surface area contributed by atoms with E-state index >= 15 is 0 Å². The predicted molar refractivity (Wildman–Crippen MR) is 111 cm³/mol. The maximum Gasteiger partial charge on any atom is 0.274 e. The van der Waals surface area contributed by atoms with Crippen molar-refractivity contribution in [2.75, 3.05) is 24.9 Å². The van der Waals surface area contributed by atoms with Crippen LogP contribution in [-0.4, -0.2) is 25.1 Å². The molecule has 1 amide bonds. The van der Waals surface area contributed by atoms with Crippen LogP contribution < -0.4 is 20.1 Å². The van der Waals surface area contributed by atoms with Crippen molar-refractivity contribution in [2.45, 2.75) is 6.54 Å². The molecule has 1 heterocycles. The highest BCUT2D eigenvalue weighted by atomic mass is 35.5. The molecule has 0 aliphatic heterocycles. The fourth-order valence-electron chi connectivity index (χ4n) is 2.55. The Morgan fingerprint density at radius 1 is 1.00 bits per heavy atom. The van der Waals surface area contributed by atoms with E-state index in [0.717, 1.165) is 17.0 Å². The third kappa shape index (κ3) is 4.92. The fraction of sp³-hybridized carbons (Fsp3) is 0.143. The quantitative estimate of drug-likeness (QED) is 0.608. The minimum atomic E-state index is -0.325. The van der Waals surface area contributed by atoms with Gasteiger partial charge in [-0.3, -0.25) is 9.78 Å². The molecule has 3 rings (SSSR count). The summed E-state index contributed by atoms with van der Waals surface area (Å²) in [6.07, 6.45) is 1.59. The van der Waals surface area contributed by atoms with Crippen molar-refractivity contribution in [1.29, 1.82) is 0 Å². The minimum absolute atomic E-state index is 0.298. The number of hydrogen-bond donors (Lipinski definition) is 2. The van der Waals surface area contributed by atoms with Gasteiger partial charge in [-0.2, -0.15) is 0 Å². The van der Waals surface area contributed by atoms with Crippen LogP contribution in [0.2, 0.25) is 5.02 Å². The van der Waals surface area contributed by atoms with Gasteiger partial charge in [0.15, 0.2) is 0 Å². The van der Waals surface area contributed by atoms with Crippen LogP contribution in [0.25, 0.3) is 0 Å². The van der Waals surface area contributed by atoms with Crippen molar-refractivity contribution in [1.82, 2.24) is 4.98 Å². The summed E-state index contributed by atoms with van der Waals surface area (Å²) in [5.41, 5.74) is 2.75. The Balaban J connectivity index is 1.64. The molecule has 0 bridgehead atoms. The maximum atomic E-state index is 12.5. The molecule has 28 heavy (non-hydrogen) atoms. The third-order valence-electron chi connectivity index (χ3n) is 4.06. The second-order valence-corrected chi connectivity index (χ2v) is 6.34. The van der Waals surface area contributed by atoms with Crippen LogP contribution in [-0.2, 0) is 6.54 Å². The number of nitrogens with zero attached hydrogens (tertiary/aromatic N) is 1. The molecule has 0 fully saturated rings. The van der Waals surface area contributed by atoms with E-state index in [1.165, 1.54) is 7.11 Å². The zero-order valence-corrected chi connectivity index (χ0v) is 16.3. The van der Waals surface area contributed by atoms with Gasteiger partial charge < -0.3 is 20.1 Å². The van der Waals surface area contributed by atoms with E-state index in [1.54, 1.807) is 37.6 Å². The lowest BCUT2D eigenvalue weighted by Gasteiger charge is -2.10. The van der Waals surface area contributed by atoms with Gasteiger partial charge in [0.05, 0.1) is 19.2 Å². The number of ether oxygens (including phenoxy) is 2. The summed E-state index contributed by atoms with van der Waals surface area (Å²) >= 11 is 6.09. The van der Waals surface area contributed by atoms with Crippen LogP contribution in [0, 0.1) is 0 Å². The number of hydrogen-bond acceptors (Lipinski definition) is 5. The molecule has 0 unspecified atom stereocenters. The Morgan fingerprint density at radius 3 is 2.46 bits per heavy atom. The number of halogens is 1. The number of pyridine rings is 1. The molecule has 2 N–H and O–H groups in total. The van der Waals surface area contributed by atoms with Gasteiger partial charge in [-0.25, -0.2) is 0 Å². The first kappa shape index (κ1) is 19.5. The lowest BCUT2D eigenvalue weighted by atomic mass is 10.2. The molecule has 0 saturated heterocycles. The molecule has 0 radical (unpaired) electrons. The van der Waals surface area contributed by atoms with Crippen LogP contribution in [0.1, 0.15) is 16.1 Å². The van der Waals surface area contributed by atoms with E-state index in [-0.39, 0.29) is 5.91 Å². The largest absolute Gasteiger partial charge is 0.497 e. The van der Waals surface area contributed by atoms with E-state index in [2.05, 4.69) is 15.6 Å². The molecule has 2 aromatic carbocycles. The zero-order valence-electron chi connectivity index (χ0n) is 15.5. The Bertz CT molecular complexity index is 961. The van der Waals surface area contributed by atoms with Gasteiger partial charge in [0, 0.05) is 24.1 Å². The molecule has 0 aliphatic carbocycles. The van der Waals surface area contributed by atoms with Crippen molar-refractivity contribution < 1.29 is 14.3 Å². The van der Waals surface area contributed by atoms with E-state index in [1.807, 2.05) is 30.3 Å². The second kappa shape index (κ2) is 9.10. The van der Waals surface area contributed by atoms with E-state index in [0.29, 0.717) is 28.7 Å². The summed E-state index contributed by atoms with van der Waals surface area (Å²) in [6.45, 7) is 0.614. The van der Waals surface area contributed by atoms with E-state index < -0.39 is 0 Å². The van der Waals surface area contributed by atoms with Crippen LogP contribution in [0.4, 0.5) is 11.4 Å². The first-order valence-electron chi connectivity index (χ1n) is 8.57. The Hall–Kier alpha value is -3.25. The van der Waals surface area contributed by atoms with Gasteiger partial charge in [0.1, 0.15) is 17.2 Å². The summed E-state index contributed by atoms with van der Waals surface area (Å²) in [4.78, 5) is 16.6. The number of amides is 1. The van der Waals surface area contributed by atoms with Crippen molar-refractivity contribution in [3.05, 3.63) is 77.1 Å². The summed E-state index contributed by atoms with van der Waals surface area (Å²) in [5.74, 6) is 1.03. The van der Waals surface area contributed by atoms with Crippen molar-refractivity contribution in [3.63, 3.8) is 0 Å². The molecule has 3 aromatic rings. The lowest BCUT2D eigenvalue weighted by Crippen LogP contribution is -2.14. The van der Waals surface area contributed by atoms with Gasteiger partial charge in [0.25, 0.3) is 5.91 Å². The summed E-state index contributed by atoms with van der Waals surface area (Å²) in [5, 5.41) is 6.48. The van der Waals surface area contributed by atoms with E-state index in [9.17, 15) is 4.79 Å². The van der Waals surface area contributed by atoms with Crippen molar-refractivity contribution in [3.8, 4) is 11.5 Å². The number of benzene rings is 2. The molecule has 7 heteroatoms. The van der Waals surface area contributed by atoms with Crippen LogP contribution in [0.15, 0.2) is 60.8 Å². The van der Waals surface area contributed by atoms with Gasteiger partial charge in [-0.1, -0.05) is 23.7 Å². The number of rotatable bonds is 7. The highest BCUT2D eigenvalue weighted by molar-refractivity contribution is 6.32. The average Bonchev–Trinajstić information content (AvgIpc) is 2.73. The first-order chi connectivity index (χ1) is 13.6. The molecule has 0 aliphatic rings. The SMILES string of the molecule is COc1ccc(CNc2ccnc(C(=O)Nc3ccc(OC)c(Cl)c3)c2)cc1. The third-order valence-corrected chi connectivity index (χ3v) is 4.35. The maximum absolute atomic E-state index is 12.5. The normalized spacial score (nSPS) is 10.2. The molecular formula is C21H20ClN3O3. The van der Waals surface area contributed by atoms with Crippen LogP contribution in [0.3, 0.4) is 0 Å². The van der Waals surface area contributed by atoms with Crippen LogP contribution >= 0.6 is 11.6 Å². The monoisotopic (exact) mass is 397 g/mol. The number of aromatic nitrogens is 1. The molecule has 0 saturated carbocycles. The summed E-state index contributed by atoms with van der Waals surface area (Å²) in [7, 11) is 3.17. The number of methoxy groups -OCH3 is 2. The Kier molecular flexibility index (Phi) is 6.34.